The molecule has 4 nitrogen and oxygen atoms in total. The summed E-state index contributed by atoms with van der Waals surface area (Å²) in [6.45, 7) is 6.03. The van der Waals surface area contributed by atoms with Crippen LogP contribution in [0.5, 0.6) is 5.75 Å². The largest absolute Gasteiger partial charge is 0.489 e. The van der Waals surface area contributed by atoms with E-state index in [1.165, 1.54) is 0 Å². The molecule has 2 atom stereocenters. The Hall–Kier alpha value is -1.52. The highest BCUT2D eigenvalue weighted by molar-refractivity contribution is 5.93. The topological polar surface area (TPSA) is 64.3 Å². The van der Waals surface area contributed by atoms with Crippen molar-refractivity contribution in [2.24, 2.45) is 11.7 Å². The molecule has 1 aromatic carbocycles. The second-order valence-corrected chi connectivity index (χ2v) is 5.92. The molecule has 0 bridgehead atoms. The van der Waals surface area contributed by atoms with Crippen LogP contribution in [0.1, 0.15) is 32.6 Å². The van der Waals surface area contributed by atoms with Crippen LogP contribution >= 0.6 is 12.4 Å². The number of amides is 1. The fraction of sp³-hybridized carbons (Fsp3) is 0.471. The van der Waals surface area contributed by atoms with E-state index in [0.717, 1.165) is 31.4 Å². The van der Waals surface area contributed by atoms with Crippen LogP contribution in [0.3, 0.4) is 0 Å². The van der Waals surface area contributed by atoms with Crippen LogP contribution in [-0.4, -0.2) is 18.1 Å². The second-order valence-electron chi connectivity index (χ2n) is 5.92. The molecule has 0 aliphatic heterocycles. The van der Waals surface area contributed by atoms with Crippen LogP contribution in [0, 0.1) is 5.92 Å². The Bertz CT molecular complexity index is 517. The Labute approximate surface area is 138 Å². The molecule has 2 unspecified atom stereocenters. The van der Waals surface area contributed by atoms with Crippen molar-refractivity contribution >= 4 is 24.0 Å². The quantitative estimate of drug-likeness (QED) is 0.814. The van der Waals surface area contributed by atoms with Crippen molar-refractivity contribution in [1.82, 2.24) is 0 Å². The predicted molar refractivity (Wildman–Crippen MR) is 92.6 cm³/mol. The lowest BCUT2D eigenvalue weighted by Gasteiger charge is -2.37. The van der Waals surface area contributed by atoms with Crippen molar-refractivity contribution in [2.45, 2.75) is 38.1 Å². The van der Waals surface area contributed by atoms with Gasteiger partial charge in [0.15, 0.2) is 0 Å². The predicted octanol–water partition coefficient (Wildman–Crippen LogP) is 3.52. The number of carbonyl (C=O) groups is 1. The second kappa shape index (κ2) is 8.20. The van der Waals surface area contributed by atoms with Crippen molar-refractivity contribution in [3.63, 3.8) is 0 Å². The van der Waals surface area contributed by atoms with E-state index in [2.05, 4.69) is 11.9 Å². The molecule has 1 aromatic rings. The van der Waals surface area contributed by atoms with E-state index in [1.54, 1.807) is 6.08 Å². The maximum Gasteiger partial charge on any atom is 0.229 e. The zero-order valence-electron chi connectivity index (χ0n) is 13.0. The maximum absolute atomic E-state index is 12.5. The molecule has 1 aliphatic carbocycles. The molecule has 22 heavy (non-hydrogen) atoms. The molecular weight excluding hydrogens is 300 g/mol. The third-order valence-corrected chi connectivity index (χ3v) is 4.04. The number of rotatable bonds is 5. The summed E-state index contributed by atoms with van der Waals surface area (Å²) in [6, 6.07) is 7.39. The molecule has 1 aliphatic rings. The molecule has 0 saturated heterocycles. The van der Waals surface area contributed by atoms with Crippen molar-refractivity contribution in [3.05, 3.63) is 36.9 Å². The van der Waals surface area contributed by atoms with E-state index >= 15 is 0 Å². The van der Waals surface area contributed by atoms with Gasteiger partial charge < -0.3 is 15.8 Å². The van der Waals surface area contributed by atoms with Crippen molar-refractivity contribution < 1.29 is 9.53 Å². The highest BCUT2D eigenvalue weighted by Crippen LogP contribution is 2.32. The summed E-state index contributed by atoms with van der Waals surface area (Å²) < 4.78 is 5.47. The highest BCUT2D eigenvalue weighted by atomic mass is 35.5. The monoisotopic (exact) mass is 324 g/mol. The standard InChI is InChI=1S/C17H24N2O2.ClH/c1-3-11-21-14-8-6-7-13(12-14)19-16(20)15-9-4-5-10-17(15,2)18;/h3,6-8,12,15H,1,4-5,9-11,18H2,2H3,(H,19,20);1H. The summed E-state index contributed by atoms with van der Waals surface area (Å²) in [5.74, 6) is 0.580. The Morgan fingerprint density at radius 3 is 3.00 bits per heavy atom. The van der Waals surface area contributed by atoms with E-state index in [4.69, 9.17) is 10.5 Å². The van der Waals surface area contributed by atoms with Crippen molar-refractivity contribution in [1.29, 1.82) is 0 Å². The number of ether oxygens (including phenoxy) is 1. The lowest BCUT2D eigenvalue weighted by molar-refractivity contribution is -0.122. The number of hydrogen-bond acceptors (Lipinski definition) is 3. The molecule has 2 rings (SSSR count). The van der Waals surface area contributed by atoms with Crippen LogP contribution in [0.2, 0.25) is 0 Å². The van der Waals surface area contributed by atoms with Gasteiger partial charge in [-0.15, -0.1) is 12.4 Å². The molecule has 0 spiro atoms. The molecule has 3 N–H and O–H groups in total. The summed E-state index contributed by atoms with van der Waals surface area (Å²) in [7, 11) is 0. The maximum atomic E-state index is 12.5. The summed E-state index contributed by atoms with van der Waals surface area (Å²) in [5, 5.41) is 2.96. The van der Waals surface area contributed by atoms with Crippen LogP contribution in [0.4, 0.5) is 5.69 Å². The summed E-state index contributed by atoms with van der Waals surface area (Å²) in [4.78, 5) is 12.5. The van der Waals surface area contributed by atoms with E-state index in [-0.39, 0.29) is 24.2 Å². The van der Waals surface area contributed by atoms with E-state index < -0.39 is 5.54 Å². The third kappa shape index (κ3) is 4.75. The number of halogens is 1. The Balaban J connectivity index is 0.00000242. The Kier molecular flexibility index (Phi) is 6.91. The van der Waals surface area contributed by atoms with Crippen molar-refractivity contribution in [2.75, 3.05) is 11.9 Å². The van der Waals surface area contributed by atoms with Crippen LogP contribution in [-0.2, 0) is 4.79 Å². The molecule has 122 valence electrons. The average Bonchev–Trinajstić information content (AvgIpc) is 2.45. The molecule has 1 amide bonds. The minimum Gasteiger partial charge on any atom is -0.489 e. The molecule has 5 heteroatoms. The minimum atomic E-state index is -0.417. The van der Waals surface area contributed by atoms with Gasteiger partial charge in [0.1, 0.15) is 12.4 Å². The average molecular weight is 325 g/mol. The fourth-order valence-electron chi connectivity index (χ4n) is 2.84. The SMILES string of the molecule is C=CCOc1cccc(NC(=O)C2CCCCC2(C)N)c1.Cl. The first-order valence-electron chi connectivity index (χ1n) is 7.46. The third-order valence-electron chi connectivity index (χ3n) is 4.04. The molecule has 0 aromatic heterocycles. The minimum absolute atomic E-state index is 0. The first-order chi connectivity index (χ1) is 10.0. The zero-order valence-corrected chi connectivity index (χ0v) is 13.8. The smallest absolute Gasteiger partial charge is 0.229 e. The van der Waals surface area contributed by atoms with E-state index in [9.17, 15) is 4.79 Å². The Morgan fingerprint density at radius 2 is 2.32 bits per heavy atom. The normalized spacial score (nSPS) is 24.0. The van der Waals surface area contributed by atoms with Gasteiger partial charge in [-0.2, -0.15) is 0 Å². The Morgan fingerprint density at radius 1 is 1.55 bits per heavy atom. The van der Waals surface area contributed by atoms with Gasteiger partial charge in [-0.25, -0.2) is 0 Å². The molecule has 1 saturated carbocycles. The van der Waals surface area contributed by atoms with Gasteiger partial charge in [0.05, 0.1) is 5.92 Å². The van der Waals surface area contributed by atoms with Crippen LogP contribution in [0.25, 0.3) is 0 Å². The van der Waals surface area contributed by atoms with Gasteiger partial charge in [-0.05, 0) is 31.9 Å². The number of nitrogens with one attached hydrogen (secondary N) is 1. The lowest BCUT2D eigenvalue weighted by Crippen LogP contribution is -2.51. The van der Waals surface area contributed by atoms with Gasteiger partial charge in [-0.1, -0.05) is 31.6 Å². The number of carbonyl (C=O) groups excluding carboxylic acids is 1. The molecule has 0 heterocycles. The number of benzene rings is 1. The molecular formula is C17H25ClN2O2. The summed E-state index contributed by atoms with van der Waals surface area (Å²) >= 11 is 0. The van der Waals surface area contributed by atoms with Gasteiger partial charge in [0.2, 0.25) is 5.91 Å². The molecule has 1 fully saturated rings. The van der Waals surface area contributed by atoms with Crippen LogP contribution in [0.15, 0.2) is 36.9 Å². The number of anilines is 1. The van der Waals surface area contributed by atoms with Gasteiger partial charge >= 0.3 is 0 Å². The van der Waals surface area contributed by atoms with Gasteiger partial charge in [-0.3, -0.25) is 4.79 Å². The van der Waals surface area contributed by atoms with Gasteiger partial charge in [0, 0.05) is 17.3 Å². The van der Waals surface area contributed by atoms with Crippen LogP contribution < -0.4 is 15.8 Å². The lowest BCUT2D eigenvalue weighted by atomic mass is 9.74. The fourth-order valence-corrected chi connectivity index (χ4v) is 2.84. The van der Waals surface area contributed by atoms with Crippen molar-refractivity contribution in [3.8, 4) is 5.75 Å². The number of hydrogen-bond donors (Lipinski definition) is 2. The summed E-state index contributed by atoms with van der Waals surface area (Å²) in [6.07, 6.45) is 5.60. The summed E-state index contributed by atoms with van der Waals surface area (Å²) in [5.41, 5.74) is 6.60. The van der Waals surface area contributed by atoms with E-state index in [1.807, 2.05) is 31.2 Å². The highest BCUT2D eigenvalue weighted by Gasteiger charge is 2.37. The first-order valence-corrected chi connectivity index (χ1v) is 7.46. The number of nitrogens with two attached hydrogens (primary N) is 1. The van der Waals surface area contributed by atoms with E-state index in [0.29, 0.717) is 12.4 Å². The molecule has 0 radical (unpaired) electrons. The zero-order chi connectivity index (χ0) is 15.3. The van der Waals surface area contributed by atoms with Gasteiger partial charge in [0.25, 0.3) is 0 Å². The first kappa shape index (κ1) is 18.5.